The molecule has 0 radical (unpaired) electrons. The number of nitrogens with two attached hydrogens (primary N) is 1. The van der Waals surface area contributed by atoms with Crippen molar-refractivity contribution in [3.63, 3.8) is 0 Å². The average molecular weight is 726 g/mol. The zero-order valence-corrected chi connectivity index (χ0v) is 29.7. The van der Waals surface area contributed by atoms with Crippen molar-refractivity contribution >= 4 is 41.1 Å². The summed E-state index contributed by atoms with van der Waals surface area (Å²) < 4.78 is 16.4. The highest BCUT2D eigenvalue weighted by Crippen LogP contribution is 2.37. The fourth-order valence-electron chi connectivity index (χ4n) is 5.46. The first-order valence-electron chi connectivity index (χ1n) is 16.5. The molecule has 2 heterocycles. The predicted molar refractivity (Wildman–Crippen MR) is 187 cm³/mol. The normalized spacial score (nSPS) is 19.6. The largest absolute Gasteiger partial charge is 0.493 e. The first-order chi connectivity index (χ1) is 24.3. The summed E-state index contributed by atoms with van der Waals surface area (Å²) in [4.78, 5) is 66.8. The number of nitrogens with one attached hydrogen (secondary N) is 4. The molecule has 1 aliphatic heterocycles. The number of halogens is 1. The van der Waals surface area contributed by atoms with Crippen LogP contribution in [-0.4, -0.2) is 84.5 Å². The first kappa shape index (κ1) is 38.6. The topological polar surface area (TPSA) is 207 Å². The van der Waals surface area contributed by atoms with E-state index >= 15 is 0 Å². The smallest absolute Gasteiger partial charge is 0.274 e. The number of aromatic nitrogens is 1. The number of rotatable bonds is 10. The molecule has 0 saturated carbocycles. The van der Waals surface area contributed by atoms with Gasteiger partial charge in [-0.25, -0.2) is 0 Å². The Hall–Kier alpha value is -5.15. The number of primary amides is 1. The van der Waals surface area contributed by atoms with Crippen molar-refractivity contribution in [1.29, 1.82) is 0 Å². The third kappa shape index (κ3) is 11.4. The molecule has 0 saturated heterocycles. The maximum atomic E-state index is 13.7. The lowest BCUT2D eigenvalue weighted by atomic mass is 10.0. The van der Waals surface area contributed by atoms with Crippen molar-refractivity contribution in [2.45, 2.75) is 64.8 Å². The molecular formula is C35H44ClN7O8. The van der Waals surface area contributed by atoms with Crippen molar-refractivity contribution in [1.82, 2.24) is 31.3 Å². The zero-order valence-electron chi connectivity index (χ0n) is 29.0. The van der Waals surface area contributed by atoms with E-state index < -0.39 is 54.3 Å². The van der Waals surface area contributed by atoms with Gasteiger partial charge in [0.1, 0.15) is 18.1 Å². The lowest BCUT2D eigenvalue weighted by Crippen LogP contribution is -2.57. The zero-order chi connectivity index (χ0) is 37.1. The molecule has 51 heavy (non-hydrogen) atoms. The Bertz CT molecular complexity index is 1700. The molecule has 0 spiro atoms. The number of carbonyl (C=O) groups is 5. The van der Waals surface area contributed by atoms with Gasteiger partial charge in [0, 0.05) is 32.1 Å². The number of fused-ring (bicyclic) bond motifs is 2. The second-order valence-electron chi connectivity index (χ2n) is 12.7. The third-order valence-electron chi connectivity index (χ3n) is 7.95. The van der Waals surface area contributed by atoms with E-state index in [0.717, 1.165) is 5.56 Å². The van der Waals surface area contributed by atoms with Gasteiger partial charge in [-0.15, -0.1) is 0 Å². The number of carbonyl (C=O) groups excluding carboxylic acids is 5. The van der Waals surface area contributed by atoms with Gasteiger partial charge in [0.05, 0.1) is 18.7 Å². The summed E-state index contributed by atoms with van der Waals surface area (Å²) in [6.45, 7) is 5.81. The van der Waals surface area contributed by atoms with Crippen LogP contribution in [0.25, 0.3) is 0 Å². The molecule has 1 aliphatic rings. The Morgan fingerprint density at radius 3 is 2.43 bits per heavy atom. The summed E-state index contributed by atoms with van der Waals surface area (Å²) in [6, 6.07) is 11.1. The number of hydrogen-bond donors (Lipinski definition) is 5. The van der Waals surface area contributed by atoms with Crippen LogP contribution in [0.15, 0.2) is 53.1 Å². The summed E-state index contributed by atoms with van der Waals surface area (Å²) in [5.74, 6) is -2.02. The summed E-state index contributed by atoms with van der Waals surface area (Å²) in [5.41, 5.74) is 6.70. The molecular weight excluding hydrogens is 682 g/mol. The molecule has 5 amide bonds. The number of nitrogens with zero attached hydrogens (tertiary/aromatic N) is 2. The van der Waals surface area contributed by atoms with Crippen LogP contribution in [0.3, 0.4) is 0 Å². The van der Waals surface area contributed by atoms with Crippen LogP contribution in [0.4, 0.5) is 0 Å². The van der Waals surface area contributed by atoms with Gasteiger partial charge in [0.2, 0.25) is 17.7 Å². The predicted octanol–water partition coefficient (Wildman–Crippen LogP) is 1.71. The van der Waals surface area contributed by atoms with Crippen LogP contribution in [0, 0.1) is 5.92 Å². The molecule has 4 rings (SSSR count). The van der Waals surface area contributed by atoms with Gasteiger partial charge in [-0.1, -0.05) is 60.9 Å². The molecule has 0 aliphatic carbocycles. The molecule has 0 fully saturated rings. The fraction of sp³-hybridized carbons (Fsp3) is 0.429. The first-order valence-corrected chi connectivity index (χ1v) is 16.9. The standard InChI is InChI=1S/C35H44ClN7O8/c1-20(2)12-26-34(47)41-27(14-22-8-6-5-7-9-22)33(46)38-10-11-43(17-23-13-25(36)31(29(15-23)49-4)50-19-30(37)44)18-24-16-28(42-51-24)35(48)39-21(3)32(45)40-26/h5-9,13,15-16,20-21,26-27H,10-12,14,17-19H2,1-4H3,(H2,37,44)(H,38,46)(H,39,48)(H,40,45)(H,41,47)/t21-,26-,27-/m1/s1. The van der Waals surface area contributed by atoms with Gasteiger partial charge in [0.25, 0.3) is 11.8 Å². The van der Waals surface area contributed by atoms with E-state index in [4.69, 9.17) is 31.3 Å². The molecule has 3 aromatic rings. The summed E-state index contributed by atoms with van der Waals surface area (Å²) in [7, 11) is 1.43. The van der Waals surface area contributed by atoms with Gasteiger partial charge in [0.15, 0.2) is 29.6 Å². The monoisotopic (exact) mass is 725 g/mol. The van der Waals surface area contributed by atoms with Crippen molar-refractivity contribution in [3.05, 3.63) is 76.1 Å². The molecule has 274 valence electrons. The van der Waals surface area contributed by atoms with Crippen LogP contribution >= 0.6 is 11.6 Å². The van der Waals surface area contributed by atoms with E-state index in [0.29, 0.717) is 24.3 Å². The highest BCUT2D eigenvalue weighted by atomic mass is 35.5. The number of methoxy groups -OCH3 is 1. The Morgan fingerprint density at radius 2 is 1.75 bits per heavy atom. The van der Waals surface area contributed by atoms with Gasteiger partial charge in [-0.3, -0.25) is 28.9 Å². The summed E-state index contributed by atoms with van der Waals surface area (Å²) in [5, 5.41) is 15.2. The molecule has 2 bridgehead atoms. The number of benzene rings is 2. The van der Waals surface area contributed by atoms with Crippen LogP contribution in [0.1, 0.15) is 54.6 Å². The number of ether oxygens (including phenoxy) is 2. The molecule has 6 N–H and O–H groups in total. The molecule has 3 atom stereocenters. The van der Waals surface area contributed by atoms with E-state index in [9.17, 15) is 24.0 Å². The number of amides is 5. The van der Waals surface area contributed by atoms with E-state index in [1.54, 1.807) is 12.1 Å². The maximum Gasteiger partial charge on any atom is 0.274 e. The second kappa shape index (κ2) is 18.2. The molecule has 15 nitrogen and oxygen atoms in total. The van der Waals surface area contributed by atoms with E-state index in [2.05, 4.69) is 26.4 Å². The Balaban J connectivity index is 1.64. The third-order valence-corrected chi connectivity index (χ3v) is 8.23. The second-order valence-corrected chi connectivity index (χ2v) is 13.1. The lowest BCUT2D eigenvalue weighted by molar-refractivity contribution is -0.132. The highest BCUT2D eigenvalue weighted by Gasteiger charge is 2.30. The van der Waals surface area contributed by atoms with Crippen molar-refractivity contribution < 1.29 is 38.0 Å². The van der Waals surface area contributed by atoms with Crippen molar-refractivity contribution in [2.24, 2.45) is 11.7 Å². The van der Waals surface area contributed by atoms with Gasteiger partial charge in [-0.2, -0.15) is 0 Å². The Morgan fingerprint density at radius 1 is 1.02 bits per heavy atom. The summed E-state index contributed by atoms with van der Waals surface area (Å²) in [6.07, 6.45) is 0.507. The van der Waals surface area contributed by atoms with E-state index in [-0.39, 0.29) is 54.2 Å². The van der Waals surface area contributed by atoms with E-state index in [1.807, 2.05) is 49.1 Å². The van der Waals surface area contributed by atoms with Gasteiger partial charge < -0.3 is 41.0 Å². The molecule has 16 heteroatoms. The van der Waals surface area contributed by atoms with Crippen molar-refractivity contribution in [3.8, 4) is 11.5 Å². The summed E-state index contributed by atoms with van der Waals surface area (Å²) >= 11 is 6.51. The fourth-order valence-corrected chi connectivity index (χ4v) is 5.75. The SMILES string of the molecule is COc1cc(CN2CCNC(=O)[C@@H](Cc3ccccc3)NC(=O)[C@@H](CC(C)C)NC(=O)[C@@H](C)NC(=O)c3cc(on3)C2)cc(Cl)c1OCC(N)=O. The highest BCUT2D eigenvalue weighted by molar-refractivity contribution is 6.32. The molecule has 1 aromatic heterocycles. The van der Waals surface area contributed by atoms with Crippen LogP contribution < -0.4 is 36.5 Å². The molecule has 0 unspecified atom stereocenters. The Kier molecular flexibility index (Phi) is 13.8. The van der Waals surface area contributed by atoms with Gasteiger partial charge in [-0.05, 0) is 42.5 Å². The molecule has 2 aromatic carbocycles. The quantitative estimate of drug-likeness (QED) is 0.205. The van der Waals surface area contributed by atoms with Crippen LogP contribution in [0.2, 0.25) is 5.02 Å². The van der Waals surface area contributed by atoms with Gasteiger partial charge >= 0.3 is 0 Å². The van der Waals surface area contributed by atoms with Crippen molar-refractivity contribution in [2.75, 3.05) is 26.8 Å². The van der Waals surface area contributed by atoms with Crippen LogP contribution in [0.5, 0.6) is 11.5 Å². The Labute approximate surface area is 300 Å². The minimum atomic E-state index is -1.02. The minimum Gasteiger partial charge on any atom is -0.493 e. The average Bonchev–Trinajstić information content (AvgIpc) is 3.55. The number of hydrogen-bond acceptors (Lipinski definition) is 10. The van der Waals surface area contributed by atoms with E-state index in [1.165, 1.54) is 20.1 Å². The lowest BCUT2D eigenvalue weighted by Gasteiger charge is -2.26. The maximum absolute atomic E-state index is 13.7. The minimum absolute atomic E-state index is 0.0264. The van der Waals surface area contributed by atoms with Crippen LogP contribution in [-0.2, 0) is 38.7 Å².